The SMILES string of the molecule is CN=C(NCC1CCN(C(C)=O)CC1)N(C)Cc1cc(Cl)cn1C.I. The van der Waals surface area contributed by atoms with Crippen molar-refractivity contribution < 1.29 is 4.79 Å². The Morgan fingerprint density at radius 3 is 2.56 bits per heavy atom. The van der Waals surface area contributed by atoms with Crippen molar-refractivity contribution in [2.75, 3.05) is 33.7 Å². The van der Waals surface area contributed by atoms with Crippen LogP contribution in [0.5, 0.6) is 0 Å². The Kier molecular flexibility index (Phi) is 9.06. The number of guanidine groups is 1. The highest BCUT2D eigenvalue weighted by Gasteiger charge is 2.21. The first-order valence-corrected chi connectivity index (χ1v) is 8.76. The highest BCUT2D eigenvalue weighted by atomic mass is 127. The maximum absolute atomic E-state index is 11.4. The van der Waals surface area contributed by atoms with Crippen molar-refractivity contribution in [2.45, 2.75) is 26.3 Å². The van der Waals surface area contributed by atoms with Gasteiger partial charge in [-0.15, -0.1) is 24.0 Å². The summed E-state index contributed by atoms with van der Waals surface area (Å²) in [6.45, 7) is 4.99. The van der Waals surface area contributed by atoms with Gasteiger partial charge in [-0.2, -0.15) is 0 Å². The van der Waals surface area contributed by atoms with Crippen LogP contribution in [0.15, 0.2) is 17.3 Å². The first kappa shape index (κ1) is 22.1. The zero-order valence-electron chi connectivity index (χ0n) is 15.5. The molecule has 0 atom stereocenters. The van der Waals surface area contributed by atoms with Gasteiger partial charge in [-0.25, -0.2) is 0 Å². The van der Waals surface area contributed by atoms with Gasteiger partial charge in [-0.1, -0.05) is 11.6 Å². The molecule has 1 aromatic heterocycles. The zero-order chi connectivity index (χ0) is 17.7. The lowest BCUT2D eigenvalue weighted by molar-refractivity contribution is -0.130. The summed E-state index contributed by atoms with van der Waals surface area (Å²) in [5, 5.41) is 4.21. The van der Waals surface area contributed by atoms with Crippen LogP contribution in [0.3, 0.4) is 0 Å². The number of likely N-dealkylation sites (tertiary alicyclic amines) is 1. The predicted molar refractivity (Wildman–Crippen MR) is 114 cm³/mol. The summed E-state index contributed by atoms with van der Waals surface area (Å²) in [6, 6.07) is 1.98. The van der Waals surface area contributed by atoms with Gasteiger partial charge in [0.15, 0.2) is 5.96 Å². The van der Waals surface area contributed by atoms with E-state index in [1.165, 1.54) is 0 Å². The quantitative estimate of drug-likeness (QED) is 0.409. The van der Waals surface area contributed by atoms with E-state index in [1.807, 2.05) is 35.8 Å². The second kappa shape index (κ2) is 10.3. The number of halogens is 2. The highest BCUT2D eigenvalue weighted by molar-refractivity contribution is 14.0. The number of carbonyl (C=O) groups is 1. The van der Waals surface area contributed by atoms with Crippen LogP contribution >= 0.6 is 35.6 Å². The van der Waals surface area contributed by atoms with Crippen LogP contribution in [-0.4, -0.2) is 60.0 Å². The number of nitrogens with one attached hydrogen (secondary N) is 1. The van der Waals surface area contributed by atoms with Crippen LogP contribution in [0.2, 0.25) is 5.02 Å². The molecule has 8 heteroatoms. The number of hydrogen-bond donors (Lipinski definition) is 1. The lowest BCUT2D eigenvalue weighted by Gasteiger charge is -2.32. The third-order valence-electron chi connectivity index (χ3n) is 4.66. The Bertz CT molecular complexity index is 596. The zero-order valence-corrected chi connectivity index (χ0v) is 18.5. The minimum atomic E-state index is 0. The monoisotopic (exact) mass is 481 g/mol. The number of aliphatic imine (C=N–C) groups is 1. The Hall–Kier alpha value is -0.960. The molecule has 1 N–H and O–H groups in total. The molecular formula is C17H29ClIN5O. The van der Waals surface area contributed by atoms with Crippen LogP contribution < -0.4 is 5.32 Å². The van der Waals surface area contributed by atoms with Gasteiger partial charge >= 0.3 is 0 Å². The van der Waals surface area contributed by atoms with Gasteiger partial charge < -0.3 is 19.7 Å². The molecule has 1 aromatic rings. The number of carbonyl (C=O) groups excluding carboxylic acids is 1. The third kappa shape index (κ3) is 6.36. The molecule has 142 valence electrons. The van der Waals surface area contributed by atoms with Gasteiger partial charge in [0, 0.05) is 59.6 Å². The number of piperidine rings is 1. The Balaban J connectivity index is 0.00000312. The second-order valence-corrected chi connectivity index (χ2v) is 6.93. The number of nitrogens with zero attached hydrogens (tertiary/aromatic N) is 4. The van der Waals surface area contributed by atoms with E-state index in [9.17, 15) is 4.79 Å². The predicted octanol–water partition coefficient (Wildman–Crippen LogP) is 2.56. The average Bonchev–Trinajstić information content (AvgIpc) is 2.85. The van der Waals surface area contributed by atoms with Crippen molar-refractivity contribution in [2.24, 2.45) is 18.0 Å². The molecule has 0 aliphatic carbocycles. The summed E-state index contributed by atoms with van der Waals surface area (Å²) in [5.41, 5.74) is 1.14. The fourth-order valence-corrected chi connectivity index (χ4v) is 3.39. The van der Waals surface area contributed by atoms with Gasteiger partial charge in [0.25, 0.3) is 0 Å². The molecule has 0 aromatic carbocycles. The fraction of sp³-hybridized carbons (Fsp3) is 0.647. The molecule has 0 radical (unpaired) electrons. The van der Waals surface area contributed by atoms with Crippen molar-refractivity contribution in [1.29, 1.82) is 0 Å². The standard InChI is InChI=1S/C17H28ClN5O.HI/c1-13(24)23-7-5-14(6-8-23)10-20-17(19-2)22(4)12-16-9-15(18)11-21(16)3;/h9,11,14H,5-8,10,12H2,1-4H3,(H,19,20);1H. The van der Waals surface area contributed by atoms with Gasteiger partial charge in [-0.05, 0) is 24.8 Å². The van der Waals surface area contributed by atoms with Gasteiger partial charge in [0.2, 0.25) is 5.91 Å². The molecule has 0 unspecified atom stereocenters. The maximum atomic E-state index is 11.4. The minimum absolute atomic E-state index is 0. The van der Waals surface area contributed by atoms with Crippen molar-refractivity contribution in [3.63, 3.8) is 0 Å². The van der Waals surface area contributed by atoms with Crippen LogP contribution in [0, 0.1) is 5.92 Å². The summed E-state index contributed by atoms with van der Waals surface area (Å²) >= 11 is 6.05. The molecule has 1 aliphatic rings. The molecule has 2 rings (SSSR count). The van der Waals surface area contributed by atoms with Crippen LogP contribution in [0.1, 0.15) is 25.5 Å². The molecular weight excluding hydrogens is 453 g/mol. The van der Waals surface area contributed by atoms with E-state index in [4.69, 9.17) is 11.6 Å². The van der Waals surface area contributed by atoms with Crippen LogP contribution in [0.25, 0.3) is 0 Å². The van der Waals surface area contributed by atoms with Crippen molar-refractivity contribution in [3.8, 4) is 0 Å². The molecule has 1 fully saturated rings. The lowest BCUT2D eigenvalue weighted by atomic mass is 9.97. The van der Waals surface area contributed by atoms with E-state index >= 15 is 0 Å². The molecule has 0 bridgehead atoms. The van der Waals surface area contributed by atoms with E-state index < -0.39 is 0 Å². The average molecular weight is 482 g/mol. The van der Waals surface area contributed by atoms with Crippen LogP contribution in [-0.2, 0) is 18.4 Å². The number of aryl methyl sites for hydroxylation is 1. The van der Waals surface area contributed by atoms with Crippen molar-refractivity contribution in [1.82, 2.24) is 19.7 Å². The van der Waals surface area contributed by atoms with Crippen LogP contribution in [0.4, 0.5) is 0 Å². The van der Waals surface area contributed by atoms with Gasteiger partial charge in [-0.3, -0.25) is 9.79 Å². The molecule has 1 aliphatic heterocycles. The minimum Gasteiger partial charge on any atom is -0.356 e. The molecule has 0 saturated carbocycles. The normalized spacial score (nSPS) is 15.7. The Labute approximate surface area is 172 Å². The highest BCUT2D eigenvalue weighted by Crippen LogP contribution is 2.17. The first-order chi connectivity index (χ1) is 11.4. The number of aromatic nitrogens is 1. The maximum Gasteiger partial charge on any atom is 0.219 e. The van der Waals surface area contributed by atoms with Gasteiger partial charge in [0.05, 0.1) is 11.6 Å². The molecule has 1 saturated heterocycles. The third-order valence-corrected chi connectivity index (χ3v) is 4.86. The van der Waals surface area contributed by atoms with E-state index in [0.29, 0.717) is 5.92 Å². The Morgan fingerprint density at radius 2 is 2.08 bits per heavy atom. The molecule has 0 spiro atoms. The van der Waals surface area contributed by atoms with Crippen molar-refractivity contribution in [3.05, 3.63) is 23.0 Å². The summed E-state index contributed by atoms with van der Waals surface area (Å²) in [6.07, 6.45) is 3.99. The van der Waals surface area contributed by atoms with E-state index in [1.54, 1.807) is 14.0 Å². The van der Waals surface area contributed by atoms with E-state index in [-0.39, 0.29) is 29.9 Å². The summed E-state index contributed by atoms with van der Waals surface area (Å²) < 4.78 is 2.03. The molecule has 25 heavy (non-hydrogen) atoms. The molecule has 1 amide bonds. The fourth-order valence-electron chi connectivity index (χ4n) is 3.11. The summed E-state index contributed by atoms with van der Waals surface area (Å²) in [4.78, 5) is 19.8. The molecule has 6 nitrogen and oxygen atoms in total. The number of rotatable bonds is 4. The van der Waals surface area contributed by atoms with E-state index in [0.717, 1.165) is 55.7 Å². The Morgan fingerprint density at radius 1 is 1.44 bits per heavy atom. The topological polar surface area (TPSA) is 52.9 Å². The number of amides is 1. The molecule has 2 heterocycles. The summed E-state index contributed by atoms with van der Waals surface area (Å²) in [5.74, 6) is 1.63. The largest absolute Gasteiger partial charge is 0.356 e. The summed E-state index contributed by atoms with van der Waals surface area (Å²) in [7, 11) is 5.82. The smallest absolute Gasteiger partial charge is 0.219 e. The van der Waals surface area contributed by atoms with E-state index in [2.05, 4.69) is 15.2 Å². The second-order valence-electron chi connectivity index (χ2n) is 6.49. The van der Waals surface area contributed by atoms with Crippen molar-refractivity contribution >= 4 is 47.4 Å². The lowest BCUT2D eigenvalue weighted by Crippen LogP contribution is -2.44. The number of hydrogen-bond acceptors (Lipinski definition) is 2. The first-order valence-electron chi connectivity index (χ1n) is 8.38. The van der Waals surface area contributed by atoms with Gasteiger partial charge in [0.1, 0.15) is 0 Å².